The van der Waals surface area contributed by atoms with Crippen LogP contribution in [0.1, 0.15) is 50.7 Å². The monoisotopic (exact) mass is 341 g/mol. The van der Waals surface area contributed by atoms with E-state index in [1.165, 1.54) is 4.31 Å². The quantitative estimate of drug-likeness (QED) is 0.810. The highest BCUT2D eigenvalue weighted by Crippen LogP contribution is 2.38. The van der Waals surface area contributed by atoms with Gasteiger partial charge in [-0.1, -0.05) is 13.8 Å². The highest BCUT2D eigenvalue weighted by Gasteiger charge is 2.34. The molecule has 0 N–H and O–H groups in total. The molecule has 7 nitrogen and oxygen atoms in total. The van der Waals surface area contributed by atoms with Crippen LogP contribution in [0.25, 0.3) is 0 Å². The molecule has 0 bridgehead atoms. The molecule has 1 aromatic heterocycles. The van der Waals surface area contributed by atoms with Crippen LogP contribution < -0.4 is 0 Å². The highest BCUT2D eigenvalue weighted by molar-refractivity contribution is 7.86. The van der Waals surface area contributed by atoms with Crippen LogP contribution in [0.15, 0.2) is 0 Å². The Labute approximate surface area is 138 Å². The van der Waals surface area contributed by atoms with Gasteiger partial charge in [-0.15, -0.1) is 10.2 Å². The first-order chi connectivity index (χ1) is 10.8. The van der Waals surface area contributed by atoms with Gasteiger partial charge >= 0.3 is 0 Å². The van der Waals surface area contributed by atoms with E-state index < -0.39 is 10.2 Å². The first-order valence-electron chi connectivity index (χ1n) is 8.38. The largest absolute Gasteiger partial charge is 0.317 e. The van der Waals surface area contributed by atoms with Crippen molar-refractivity contribution in [2.24, 2.45) is 18.9 Å². The van der Waals surface area contributed by atoms with Gasteiger partial charge in [0.1, 0.15) is 11.6 Å². The third kappa shape index (κ3) is 3.44. The topological polar surface area (TPSA) is 71.3 Å². The molecule has 2 heterocycles. The second-order valence-electron chi connectivity index (χ2n) is 7.33. The molecule has 0 radical (unpaired) electrons. The zero-order chi connectivity index (χ0) is 16.8. The molecule has 1 aromatic rings. The second-order valence-corrected chi connectivity index (χ2v) is 9.37. The number of hydrogen-bond donors (Lipinski definition) is 0. The van der Waals surface area contributed by atoms with Gasteiger partial charge in [0.25, 0.3) is 10.2 Å². The minimum atomic E-state index is -3.45. The molecular formula is C15H27N5O2S. The molecule has 2 aliphatic rings. The summed E-state index contributed by atoms with van der Waals surface area (Å²) in [6.07, 6.45) is 3.40. The predicted molar refractivity (Wildman–Crippen MR) is 87.9 cm³/mol. The van der Waals surface area contributed by atoms with Gasteiger partial charge < -0.3 is 4.57 Å². The van der Waals surface area contributed by atoms with Crippen molar-refractivity contribution in [2.75, 3.05) is 20.1 Å². The summed E-state index contributed by atoms with van der Waals surface area (Å²) in [6.45, 7) is 5.69. The summed E-state index contributed by atoms with van der Waals surface area (Å²) in [4.78, 5) is 0. The zero-order valence-electron chi connectivity index (χ0n) is 14.4. The summed E-state index contributed by atoms with van der Waals surface area (Å²) < 4.78 is 30.6. The third-order valence-electron chi connectivity index (χ3n) is 4.86. The summed E-state index contributed by atoms with van der Waals surface area (Å²) in [7, 11) is 0.102. The average molecular weight is 341 g/mol. The van der Waals surface area contributed by atoms with E-state index in [0.717, 1.165) is 25.1 Å². The van der Waals surface area contributed by atoms with Crippen LogP contribution in [0.4, 0.5) is 0 Å². The Morgan fingerprint density at radius 3 is 2.35 bits per heavy atom. The van der Waals surface area contributed by atoms with E-state index in [9.17, 15) is 8.42 Å². The Morgan fingerprint density at radius 1 is 1.17 bits per heavy atom. The molecule has 1 saturated carbocycles. The molecule has 0 spiro atoms. The zero-order valence-corrected chi connectivity index (χ0v) is 15.3. The van der Waals surface area contributed by atoms with Crippen molar-refractivity contribution in [3.63, 3.8) is 0 Å². The first kappa shape index (κ1) is 16.9. The summed E-state index contributed by atoms with van der Waals surface area (Å²) in [5.74, 6) is 2.99. The van der Waals surface area contributed by atoms with Gasteiger partial charge in [0.2, 0.25) is 0 Å². The molecule has 0 aromatic carbocycles. The van der Waals surface area contributed by atoms with Crippen molar-refractivity contribution in [1.82, 2.24) is 23.4 Å². The van der Waals surface area contributed by atoms with E-state index in [1.54, 1.807) is 11.4 Å². The highest BCUT2D eigenvalue weighted by atomic mass is 32.2. The standard InChI is InChI=1S/C15H27N5O2S/c1-11-7-12(2)9-20(8-11)23(21,22)18(3)10-14-16-17-15(19(14)4)13-5-6-13/h11-13H,5-10H2,1-4H3/t11-,12-/m1/s1. The maximum absolute atomic E-state index is 12.8. The Morgan fingerprint density at radius 2 is 1.78 bits per heavy atom. The SMILES string of the molecule is C[C@@H]1C[C@@H](C)CN(S(=O)(=O)N(C)Cc2nnc(C3CC3)n2C)C1. The maximum atomic E-state index is 12.8. The van der Waals surface area contributed by atoms with Crippen LogP contribution in [-0.4, -0.2) is 51.9 Å². The molecule has 2 atom stereocenters. The summed E-state index contributed by atoms with van der Waals surface area (Å²) >= 11 is 0. The predicted octanol–water partition coefficient (Wildman–Crippen LogP) is 1.35. The fourth-order valence-corrected chi connectivity index (χ4v) is 5.04. The van der Waals surface area contributed by atoms with Crippen LogP contribution in [-0.2, 0) is 23.8 Å². The van der Waals surface area contributed by atoms with Gasteiger partial charge in [-0.25, -0.2) is 0 Å². The van der Waals surface area contributed by atoms with E-state index in [0.29, 0.717) is 36.7 Å². The molecule has 2 fully saturated rings. The molecule has 23 heavy (non-hydrogen) atoms. The summed E-state index contributed by atoms with van der Waals surface area (Å²) in [6, 6.07) is 0. The first-order valence-corrected chi connectivity index (χ1v) is 9.78. The van der Waals surface area contributed by atoms with Crippen LogP contribution in [0.2, 0.25) is 0 Å². The van der Waals surface area contributed by atoms with Crippen molar-refractivity contribution >= 4 is 10.2 Å². The molecule has 1 aliphatic carbocycles. The lowest BCUT2D eigenvalue weighted by Crippen LogP contribution is -2.48. The minimum Gasteiger partial charge on any atom is -0.317 e. The van der Waals surface area contributed by atoms with E-state index in [2.05, 4.69) is 24.0 Å². The maximum Gasteiger partial charge on any atom is 0.282 e. The molecule has 1 aliphatic heterocycles. The normalized spacial score (nSPS) is 26.8. The average Bonchev–Trinajstić information content (AvgIpc) is 3.24. The lowest BCUT2D eigenvalue weighted by Gasteiger charge is -2.36. The van der Waals surface area contributed by atoms with Crippen molar-refractivity contribution in [1.29, 1.82) is 0 Å². The van der Waals surface area contributed by atoms with Crippen molar-refractivity contribution in [3.8, 4) is 0 Å². The van der Waals surface area contributed by atoms with Crippen molar-refractivity contribution < 1.29 is 8.42 Å². The van der Waals surface area contributed by atoms with Gasteiger partial charge in [0.15, 0.2) is 0 Å². The van der Waals surface area contributed by atoms with E-state index in [-0.39, 0.29) is 6.54 Å². The Bertz CT molecular complexity index is 657. The van der Waals surface area contributed by atoms with Crippen LogP contribution in [0.5, 0.6) is 0 Å². The van der Waals surface area contributed by atoms with Crippen LogP contribution in [0.3, 0.4) is 0 Å². The number of nitrogens with zero attached hydrogens (tertiary/aromatic N) is 5. The Kier molecular flexibility index (Phi) is 4.50. The summed E-state index contributed by atoms with van der Waals surface area (Å²) in [5.41, 5.74) is 0. The van der Waals surface area contributed by atoms with Crippen LogP contribution >= 0.6 is 0 Å². The molecule has 1 saturated heterocycles. The number of aromatic nitrogens is 3. The molecule has 3 rings (SSSR count). The Balaban J connectivity index is 1.72. The number of piperidine rings is 1. The van der Waals surface area contributed by atoms with Gasteiger partial charge in [-0.05, 0) is 31.1 Å². The fraction of sp³-hybridized carbons (Fsp3) is 0.867. The molecule has 130 valence electrons. The lowest BCUT2D eigenvalue weighted by molar-refractivity contribution is 0.210. The molecular weight excluding hydrogens is 314 g/mol. The van der Waals surface area contributed by atoms with Crippen LogP contribution in [0, 0.1) is 11.8 Å². The van der Waals surface area contributed by atoms with Gasteiger partial charge in [-0.3, -0.25) is 0 Å². The second kappa shape index (κ2) is 6.14. The molecule has 0 amide bonds. The lowest BCUT2D eigenvalue weighted by atomic mass is 9.94. The van der Waals surface area contributed by atoms with E-state index in [1.807, 2.05) is 11.6 Å². The summed E-state index contributed by atoms with van der Waals surface area (Å²) in [5, 5.41) is 8.42. The van der Waals surface area contributed by atoms with Crippen molar-refractivity contribution in [3.05, 3.63) is 11.6 Å². The minimum absolute atomic E-state index is 0.262. The van der Waals surface area contributed by atoms with Gasteiger partial charge in [-0.2, -0.15) is 17.0 Å². The number of hydrogen-bond acceptors (Lipinski definition) is 4. The van der Waals surface area contributed by atoms with Gasteiger partial charge in [0, 0.05) is 33.1 Å². The third-order valence-corrected chi connectivity index (χ3v) is 6.73. The van der Waals surface area contributed by atoms with Gasteiger partial charge in [0.05, 0.1) is 6.54 Å². The molecule has 0 unspecified atom stereocenters. The van der Waals surface area contributed by atoms with Crippen molar-refractivity contribution in [2.45, 2.75) is 45.6 Å². The number of rotatable bonds is 5. The fourth-order valence-electron chi connectivity index (χ4n) is 3.48. The Hall–Kier alpha value is -0.990. The van der Waals surface area contributed by atoms with E-state index in [4.69, 9.17) is 0 Å². The molecule has 8 heteroatoms. The van der Waals surface area contributed by atoms with E-state index >= 15 is 0 Å². The smallest absolute Gasteiger partial charge is 0.282 e.